The van der Waals surface area contributed by atoms with E-state index in [-0.39, 0.29) is 17.7 Å². The van der Waals surface area contributed by atoms with E-state index >= 15 is 0 Å². The van der Waals surface area contributed by atoms with Crippen LogP contribution in [-0.4, -0.2) is 56.2 Å². The molecule has 0 spiro atoms. The SMILES string of the molecule is NC(=O)C1CCCN(c2ccc(NC(=O)c3ccc(N4CCOCC4)cc3)cn2)C1. The van der Waals surface area contributed by atoms with Crippen LogP contribution in [0.15, 0.2) is 42.6 Å². The van der Waals surface area contributed by atoms with E-state index in [0.29, 0.717) is 17.8 Å². The normalized spacial score (nSPS) is 19.4. The Kier molecular flexibility index (Phi) is 6.13. The van der Waals surface area contributed by atoms with Gasteiger partial charge in [0.2, 0.25) is 5.91 Å². The zero-order valence-corrected chi connectivity index (χ0v) is 16.9. The lowest BCUT2D eigenvalue weighted by molar-refractivity contribution is -0.122. The summed E-state index contributed by atoms with van der Waals surface area (Å²) in [4.78, 5) is 32.8. The van der Waals surface area contributed by atoms with Gasteiger partial charge in [0, 0.05) is 37.4 Å². The lowest BCUT2D eigenvalue weighted by Crippen LogP contribution is -2.41. The van der Waals surface area contributed by atoms with Gasteiger partial charge in [-0.2, -0.15) is 0 Å². The average molecular weight is 409 g/mol. The van der Waals surface area contributed by atoms with Gasteiger partial charge in [-0.15, -0.1) is 0 Å². The Morgan fingerprint density at radius 2 is 1.80 bits per heavy atom. The van der Waals surface area contributed by atoms with Gasteiger partial charge in [-0.05, 0) is 49.2 Å². The number of hydrogen-bond acceptors (Lipinski definition) is 6. The molecule has 3 heterocycles. The summed E-state index contributed by atoms with van der Waals surface area (Å²) >= 11 is 0. The molecule has 0 bridgehead atoms. The Morgan fingerprint density at radius 1 is 1.03 bits per heavy atom. The molecule has 1 aromatic heterocycles. The van der Waals surface area contributed by atoms with Gasteiger partial charge in [-0.3, -0.25) is 9.59 Å². The van der Waals surface area contributed by atoms with Crippen LogP contribution in [-0.2, 0) is 9.53 Å². The van der Waals surface area contributed by atoms with Gasteiger partial charge in [-0.1, -0.05) is 0 Å². The zero-order chi connectivity index (χ0) is 20.9. The van der Waals surface area contributed by atoms with Gasteiger partial charge in [0.05, 0.1) is 31.0 Å². The number of nitrogens with one attached hydrogen (secondary N) is 1. The molecule has 3 N–H and O–H groups in total. The number of anilines is 3. The topological polar surface area (TPSA) is 101 Å². The van der Waals surface area contributed by atoms with Crippen molar-refractivity contribution in [3.05, 3.63) is 48.2 Å². The maximum atomic E-state index is 12.6. The summed E-state index contributed by atoms with van der Waals surface area (Å²) in [6.07, 6.45) is 3.38. The maximum Gasteiger partial charge on any atom is 0.255 e. The standard InChI is InChI=1S/C22H27N5O3/c23-21(28)17-2-1-9-27(15-17)20-8-5-18(14-24-20)25-22(29)16-3-6-19(7-4-16)26-10-12-30-13-11-26/h3-8,14,17H,1-2,9-13,15H2,(H2,23,28)(H,25,29). The molecule has 0 saturated carbocycles. The molecule has 1 unspecified atom stereocenters. The Labute approximate surface area is 176 Å². The number of pyridine rings is 1. The van der Waals surface area contributed by atoms with Gasteiger partial charge in [0.1, 0.15) is 5.82 Å². The molecular formula is C22H27N5O3. The van der Waals surface area contributed by atoms with E-state index in [9.17, 15) is 9.59 Å². The highest BCUT2D eigenvalue weighted by Crippen LogP contribution is 2.23. The van der Waals surface area contributed by atoms with Gasteiger partial charge in [-0.25, -0.2) is 4.98 Å². The van der Waals surface area contributed by atoms with Crippen LogP contribution < -0.4 is 20.9 Å². The van der Waals surface area contributed by atoms with Crippen LogP contribution in [0.3, 0.4) is 0 Å². The lowest BCUT2D eigenvalue weighted by atomic mass is 9.97. The fraction of sp³-hybridized carbons (Fsp3) is 0.409. The molecule has 0 aliphatic carbocycles. The lowest BCUT2D eigenvalue weighted by Gasteiger charge is -2.32. The first-order chi connectivity index (χ1) is 14.6. The molecular weight excluding hydrogens is 382 g/mol. The van der Waals surface area contributed by atoms with Crippen LogP contribution in [0.25, 0.3) is 0 Å². The number of benzene rings is 1. The number of aromatic nitrogens is 1. The number of carbonyl (C=O) groups excluding carboxylic acids is 2. The molecule has 1 atom stereocenters. The summed E-state index contributed by atoms with van der Waals surface area (Å²) < 4.78 is 5.38. The molecule has 1 aromatic carbocycles. The molecule has 8 nitrogen and oxygen atoms in total. The van der Waals surface area contributed by atoms with Crippen LogP contribution in [0.2, 0.25) is 0 Å². The third kappa shape index (κ3) is 4.71. The fourth-order valence-corrected chi connectivity index (χ4v) is 3.91. The average Bonchev–Trinajstić information content (AvgIpc) is 2.80. The number of amides is 2. The highest BCUT2D eigenvalue weighted by Gasteiger charge is 2.24. The van der Waals surface area contributed by atoms with Gasteiger partial charge < -0.3 is 25.6 Å². The highest BCUT2D eigenvalue weighted by atomic mass is 16.5. The van der Waals surface area contributed by atoms with Crippen LogP contribution in [0.5, 0.6) is 0 Å². The first-order valence-corrected chi connectivity index (χ1v) is 10.3. The van der Waals surface area contributed by atoms with Crippen molar-refractivity contribution in [1.82, 2.24) is 4.98 Å². The number of ether oxygens (including phenoxy) is 1. The molecule has 30 heavy (non-hydrogen) atoms. The number of piperidine rings is 1. The molecule has 2 aromatic rings. The maximum absolute atomic E-state index is 12.6. The summed E-state index contributed by atoms with van der Waals surface area (Å²) in [5.74, 6) is 0.210. The Morgan fingerprint density at radius 3 is 2.47 bits per heavy atom. The Hall–Kier alpha value is -3.13. The van der Waals surface area contributed by atoms with Crippen LogP contribution in [0.1, 0.15) is 23.2 Å². The van der Waals surface area contributed by atoms with Crippen molar-refractivity contribution in [3.8, 4) is 0 Å². The largest absolute Gasteiger partial charge is 0.378 e. The van der Waals surface area contributed by atoms with E-state index in [1.807, 2.05) is 36.4 Å². The van der Waals surface area contributed by atoms with Crippen molar-refractivity contribution < 1.29 is 14.3 Å². The van der Waals surface area contributed by atoms with E-state index < -0.39 is 0 Å². The number of rotatable bonds is 5. The summed E-state index contributed by atoms with van der Waals surface area (Å²) in [7, 11) is 0. The van der Waals surface area contributed by atoms with E-state index in [1.54, 1.807) is 6.20 Å². The first kappa shape index (κ1) is 20.2. The zero-order valence-electron chi connectivity index (χ0n) is 16.9. The monoisotopic (exact) mass is 409 g/mol. The second kappa shape index (κ2) is 9.13. The third-order valence-corrected chi connectivity index (χ3v) is 5.66. The Balaban J connectivity index is 1.36. The molecule has 2 saturated heterocycles. The van der Waals surface area contributed by atoms with E-state index in [2.05, 4.69) is 20.1 Å². The van der Waals surface area contributed by atoms with E-state index in [4.69, 9.17) is 10.5 Å². The minimum Gasteiger partial charge on any atom is -0.378 e. The molecule has 4 rings (SSSR count). The number of hydrogen-bond donors (Lipinski definition) is 2. The van der Waals surface area contributed by atoms with Gasteiger partial charge >= 0.3 is 0 Å². The van der Waals surface area contributed by atoms with Crippen molar-refractivity contribution in [3.63, 3.8) is 0 Å². The molecule has 2 amide bonds. The predicted octanol–water partition coefficient (Wildman–Crippen LogP) is 1.87. The highest BCUT2D eigenvalue weighted by molar-refractivity contribution is 6.04. The molecule has 0 radical (unpaired) electrons. The van der Waals surface area contributed by atoms with Gasteiger partial charge in [0.25, 0.3) is 5.91 Å². The van der Waals surface area contributed by atoms with Crippen LogP contribution >= 0.6 is 0 Å². The molecule has 2 fully saturated rings. The van der Waals surface area contributed by atoms with Crippen molar-refractivity contribution in [1.29, 1.82) is 0 Å². The molecule has 158 valence electrons. The summed E-state index contributed by atoms with van der Waals surface area (Å²) in [5.41, 5.74) is 7.77. The summed E-state index contributed by atoms with van der Waals surface area (Å²) in [5, 5.41) is 2.89. The van der Waals surface area contributed by atoms with E-state index in [1.165, 1.54) is 0 Å². The van der Waals surface area contributed by atoms with Crippen molar-refractivity contribution in [2.24, 2.45) is 11.7 Å². The first-order valence-electron chi connectivity index (χ1n) is 10.3. The van der Waals surface area contributed by atoms with Crippen molar-refractivity contribution >= 4 is 29.0 Å². The number of carbonyl (C=O) groups is 2. The van der Waals surface area contributed by atoms with Crippen molar-refractivity contribution in [2.45, 2.75) is 12.8 Å². The molecule has 2 aliphatic heterocycles. The smallest absolute Gasteiger partial charge is 0.255 e. The van der Waals surface area contributed by atoms with E-state index in [0.717, 1.165) is 57.2 Å². The second-order valence-electron chi connectivity index (χ2n) is 7.69. The van der Waals surface area contributed by atoms with Crippen LogP contribution in [0.4, 0.5) is 17.2 Å². The predicted molar refractivity (Wildman–Crippen MR) is 116 cm³/mol. The van der Waals surface area contributed by atoms with Gasteiger partial charge in [0.15, 0.2) is 0 Å². The summed E-state index contributed by atoms with van der Waals surface area (Å²) in [6.45, 7) is 4.61. The number of nitrogens with zero attached hydrogens (tertiary/aromatic N) is 3. The minimum atomic E-state index is -0.261. The number of primary amides is 1. The number of nitrogens with two attached hydrogens (primary N) is 1. The number of morpholine rings is 1. The van der Waals surface area contributed by atoms with Crippen molar-refractivity contribution in [2.75, 3.05) is 54.5 Å². The second-order valence-corrected chi connectivity index (χ2v) is 7.69. The minimum absolute atomic E-state index is 0.139. The summed E-state index contributed by atoms with van der Waals surface area (Å²) in [6, 6.07) is 11.3. The molecule has 2 aliphatic rings. The quantitative estimate of drug-likeness (QED) is 0.782. The molecule has 8 heteroatoms. The third-order valence-electron chi connectivity index (χ3n) is 5.66. The van der Waals surface area contributed by atoms with Crippen LogP contribution in [0, 0.1) is 5.92 Å². The fourth-order valence-electron chi connectivity index (χ4n) is 3.91. The Bertz CT molecular complexity index is 879.